The number of aryl methyl sites for hydroxylation is 3. The van der Waals surface area contributed by atoms with Crippen molar-refractivity contribution in [2.75, 3.05) is 0 Å². The molecule has 3 heteroatoms. The minimum absolute atomic E-state index is 1.05. The standard InChI is InChI=1S/C16H15BrN2/c1-9-6-12(7-10(2)18-9)16-11(3)14-5-4-13(17)8-15(14)19-16/h4-8,19H,1-3H3. The number of pyridine rings is 1. The third-order valence-electron chi connectivity index (χ3n) is 3.39. The average Bonchev–Trinajstić information content (AvgIpc) is 2.65. The highest BCUT2D eigenvalue weighted by atomic mass is 79.9. The molecule has 3 rings (SSSR count). The number of aromatic amines is 1. The Hall–Kier alpha value is -1.61. The van der Waals surface area contributed by atoms with Gasteiger partial charge in [0.2, 0.25) is 0 Å². The Morgan fingerprint density at radius 1 is 1.00 bits per heavy atom. The highest BCUT2D eigenvalue weighted by Gasteiger charge is 2.10. The molecule has 0 bridgehead atoms. The quantitative estimate of drug-likeness (QED) is 0.678. The molecule has 3 aromatic rings. The van der Waals surface area contributed by atoms with E-state index in [-0.39, 0.29) is 0 Å². The lowest BCUT2D eigenvalue weighted by molar-refractivity contribution is 1.12. The van der Waals surface area contributed by atoms with Crippen LogP contribution in [-0.4, -0.2) is 9.97 Å². The molecular weight excluding hydrogens is 300 g/mol. The van der Waals surface area contributed by atoms with Crippen molar-refractivity contribution in [3.63, 3.8) is 0 Å². The van der Waals surface area contributed by atoms with Crippen LogP contribution in [0.1, 0.15) is 17.0 Å². The van der Waals surface area contributed by atoms with E-state index < -0.39 is 0 Å². The third-order valence-corrected chi connectivity index (χ3v) is 3.88. The van der Waals surface area contributed by atoms with E-state index in [1.807, 2.05) is 13.8 Å². The van der Waals surface area contributed by atoms with E-state index in [0.717, 1.165) is 21.4 Å². The minimum atomic E-state index is 1.05. The summed E-state index contributed by atoms with van der Waals surface area (Å²) in [4.78, 5) is 7.95. The number of H-pyrrole nitrogens is 1. The molecule has 0 fully saturated rings. The maximum Gasteiger partial charge on any atom is 0.0495 e. The van der Waals surface area contributed by atoms with Crippen molar-refractivity contribution in [1.29, 1.82) is 0 Å². The Kier molecular flexibility index (Phi) is 2.94. The fraction of sp³-hybridized carbons (Fsp3) is 0.188. The van der Waals surface area contributed by atoms with Gasteiger partial charge in [0.05, 0.1) is 0 Å². The van der Waals surface area contributed by atoms with Gasteiger partial charge in [-0.3, -0.25) is 4.98 Å². The van der Waals surface area contributed by atoms with Crippen LogP contribution < -0.4 is 0 Å². The molecule has 0 saturated heterocycles. The van der Waals surface area contributed by atoms with Gasteiger partial charge in [0.1, 0.15) is 0 Å². The Bertz CT molecular complexity index is 752. The number of fused-ring (bicyclic) bond motifs is 1. The van der Waals surface area contributed by atoms with Gasteiger partial charge in [0.25, 0.3) is 0 Å². The molecule has 96 valence electrons. The summed E-state index contributed by atoms with van der Waals surface area (Å²) >= 11 is 3.52. The molecule has 0 aliphatic heterocycles. The topological polar surface area (TPSA) is 28.7 Å². The monoisotopic (exact) mass is 314 g/mol. The predicted molar refractivity (Wildman–Crippen MR) is 83.4 cm³/mol. The summed E-state index contributed by atoms with van der Waals surface area (Å²) in [7, 11) is 0. The summed E-state index contributed by atoms with van der Waals surface area (Å²) in [6.07, 6.45) is 0. The Morgan fingerprint density at radius 3 is 2.37 bits per heavy atom. The summed E-state index contributed by atoms with van der Waals surface area (Å²) < 4.78 is 1.09. The molecule has 19 heavy (non-hydrogen) atoms. The van der Waals surface area contributed by atoms with E-state index in [4.69, 9.17) is 0 Å². The van der Waals surface area contributed by atoms with E-state index >= 15 is 0 Å². The lowest BCUT2D eigenvalue weighted by atomic mass is 10.1. The molecular formula is C16H15BrN2. The summed E-state index contributed by atoms with van der Waals surface area (Å²) in [5, 5.41) is 1.27. The van der Waals surface area contributed by atoms with Gasteiger partial charge in [-0.25, -0.2) is 0 Å². The van der Waals surface area contributed by atoms with Crippen molar-refractivity contribution in [2.45, 2.75) is 20.8 Å². The van der Waals surface area contributed by atoms with Crippen LogP contribution in [0, 0.1) is 20.8 Å². The second-order valence-corrected chi connectivity index (χ2v) is 5.87. The number of halogens is 1. The van der Waals surface area contributed by atoms with Gasteiger partial charge < -0.3 is 4.98 Å². The second-order valence-electron chi connectivity index (χ2n) is 4.95. The summed E-state index contributed by atoms with van der Waals surface area (Å²) in [6.45, 7) is 6.23. The molecule has 2 nitrogen and oxygen atoms in total. The number of benzene rings is 1. The van der Waals surface area contributed by atoms with Gasteiger partial charge in [0.15, 0.2) is 0 Å². The smallest absolute Gasteiger partial charge is 0.0495 e. The zero-order chi connectivity index (χ0) is 13.6. The maximum absolute atomic E-state index is 4.44. The third kappa shape index (κ3) is 2.19. The highest BCUT2D eigenvalue weighted by Crippen LogP contribution is 2.31. The molecule has 1 aromatic carbocycles. The number of nitrogens with one attached hydrogen (secondary N) is 1. The van der Waals surface area contributed by atoms with Crippen LogP contribution in [0.5, 0.6) is 0 Å². The zero-order valence-corrected chi connectivity index (χ0v) is 12.8. The van der Waals surface area contributed by atoms with Gasteiger partial charge in [-0.1, -0.05) is 22.0 Å². The maximum atomic E-state index is 4.44. The Morgan fingerprint density at radius 2 is 1.68 bits per heavy atom. The molecule has 1 N–H and O–H groups in total. The Balaban J connectivity index is 2.27. The van der Waals surface area contributed by atoms with Crippen molar-refractivity contribution in [3.05, 3.63) is 51.8 Å². The van der Waals surface area contributed by atoms with Crippen LogP contribution in [0.2, 0.25) is 0 Å². The minimum Gasteiger partial charge on any atom is -0.354 e. The number of hydrogen-bond acceptors (Lipinski definition) is 1. The first-order valence-corrected chi connectivity index (χ1v) is 7.07. The molecule has 0 amide bonds. The lowest BCUT2D eigenvalue weighted by Crippen LogP contribution is -1.89. The summed E-state index contributed by atoms with van der Waals surface area (Å²) in [5.41, 5.74) is 6.93. The number of aromatic nitrogens is 2. The normalized spacial score (nSPS) is 11.2. The van der Waals surface area contributed by atoms with E-state index in [9.17, 15) is 0 Å². The Labute approximate surface area is 121 Å². The first kappa shape index (κ1) is 12.4. The molecule has 0 unspecified atom stereocenters. The second kappa shape index (κ2) is 4.49. The van der Waals surface area contributed by atoms with Crippen molar-refractivity contribution in [1.82, 2.24) is 9.97 Å². The lowest BCUT2D eigenvalue weighted by Gasteiger charge is -2.04. The van der Waals surface area contributed by atoms with Crippen molar-refractivity contribution < 1.29 is 0 Å². The van der Waals surface area contributed by atoms with Gasteiger partial charge >= 0.3 is 0 Å². The van der Waals surface area contributed by atoms with Crippen LogP contribution in [0.15, 0.2) is 34.8 Å². The average molecular weight is 315 g/mol. The van der Waals surface area contributed by atoms with Crippen molar-refractivity contribution in [2.24, 2.45) is 0 Å². The van der Waals surface area contributed by atoms with Gasteiger partial charge in [-0.15, -0.1) is 0 Å². The van der Waals surface area contributed by atoms with Crippen molar-refractivity contribution in [3.8, 4) is 11.3 Å². The van der Waals surface area contributed by atoms with Crippen molar-refractivity contribution >= 4 is 26.8 Å². The first-order chi connectivity index (χ1) is 9.04. The largest absolute Gasteiger partial charge is 0.354 e. The molecule has 2 heterocycles. The van der Waals surface area contributed by atoms with Gasteiger partial charge in [-0.05, 0) is 50.6 Å². The van der Waals surface area contributed by atoms with E-state index in [1.54, 1.807) is 0 Å². The van der Waals surface area contributed by atoms with Crippen LogP contribution >= 0.6 is 15.9 Å². The van der Waals surface area contributed by atoms with Gasteiger partial charge in [0, 0.05) is 38.0 Å². The molecule has 0 atom stereocenters. The number of rotatable bonds is 1. The van der Waals surface area contributed by atoms with Crippen LogP contribution in [0.25, 0.3) is 22.2 Å². The highest BCUT2D eigenvalue weighted by molar-refractivity contribution is 9.10. The molecule has 0 aliphatic rings. The fourth-order valence-corrected chi connectivity index (χ4v) is 2.94. The van der Waals surface area contributed by atoms with Crippen LogP contribution in [0.4, 0.5) is 0 Å². The molecule has 0 aliphatic carbocycles. The molecule has 2 aromatic heterocycles. The number of hydrogen-bond donors (Lipinski definition) is 1. The predicted octanol–water partition coefficient (Wildman–Crippen LogP) is 4.92. The fourth-order valence-electron chi connectivity index (χ4n) is 2.58. The summed E-state index contributed by atoms with van der Waals surface area (Å²) in [6, 6.07) is 10.6. The molecule has 0 spiro atoms. The van der Waals surface area contributed by atoms with Crippen LogP contribution in [0.3, 0.4) is 0 Å². The molecule has 0 saturated carbocycles. The summed E-state index contributed by atoms with van der Waals surface area (Å²) in [5.74, 6) is 0. The van der Waals surface area contributed by atoms with E-state index in [0.29, 0.717) is 0 Å². The van der Waals surface area contributed by atoms with E-state index in [2.05, 4.69) is 63.2 Å². The van der Waals surface area contributed by atoms with E-state index in [1.165, 1.54) is 22.2 Å². The zero-order valence-electron chi connectivity index (χ0n) is 11.2. The molecule has 0 radical (unpaired) electrons. The SMILES string of the molecule is Cc1cc(-c2[nH]c3cc(Br)ccc3c2C)cc(C)n1. The number of nitrogens with zero attached hydrogens (tertiary/aromatic N) is 1. The van der Waals surface area contributed by atoms with Crippen LogP contribution in [-0.2, 0) is 0 Å². The van der Waals surface area contributed by atoms with Gasteiger partial charge in [-0.2, -0.15) is 0 Å². The first-order valence-electron chi connectivity index (χ1n) is 6.28.